The average Bonchev–Trinajstić information content (AvgIpc) is 2.73. The van der Waals surface area contributed by atoms with E-state index in [2.05, 4.69) is 0 Å². The van der Waals surface area contributed by atoms with E-state index in [0.717, 1.165) is 22.8 Å². The van der Waals surface area contributed by atoms with Gasteiger partial charge in [-0.3, -0.25) is 4.79 Å². The Kier molecular flexibility index (Phi) is 5.94. The second-order valence-corrected chi connectivity index (χ2v) is 6.40. The number of thioether (sulfide) groups is 1. The molecule has 1 aromatic rings. The van der Waals surface area contributed by atoms with Crippen LogP contribution in [0.15, 0.2) is 24.3 Å². The quantitative estimate of drug-likeness (QED) is 0.619. The zero-order valence-electron chi connectivity index (χ0n) is 11.9. The van der Waals surface area contributed by atoms with Crippen LogP contribution in [0, 0.1) is 0 Å². The molecule has 1 saturated heterocycles. The third-order valence-electron chi connectivity index (χ3n) is 3.33. The van der Waals surface area contributed by atoms with Gasteiger partial charge in [-0.25, -0.2) is 4.79 Å². The van der Waals surface area contributed by atoms with Crippen LogP contribution in [0.4, 0.5) is 0 Å². The van der Waals surface area contributed by atoms with E-state index in [4.69, 9.17) is 16.3 Å². The second kappa shape index (κ2) is 7.71. The average molecular weight is 328 g/mol. The molecule has 114 valence electrons. The highest BCUT2D eigenvalue weighted by Crippen LogP contribution is 2.37. The van der Waals surface area contributed by atoms with Crippen molar-refractivity contribution in [2.45, 2.75) is 18.6 Å². The summed E-state index contributed by atoms with van der Waals surface area (Å²) in [5.74, 6) is -0.530. The maximum Gasteiger partial charge on any atom is 0.397 e. The summed E-state index contributed by atoms with van der Waals surface area (Å²) in [6, 6.07) is 7.77. The van der Waals surface area contributed by atoms with E-state index >= 15 is 0 Å². The molecule has 0 N–H and O–H groups in total. The molecule has 0 bridgehead atoms. The molecule has 6 heteroatoms. The lowest BCUT2D eigenvalue weighted by atomic mass is 10.1. The maximum atomic E-state index is 12.0. The molecule has 1 heterocycles. The lowest BCUT2D eigenvalue weighted by Crippen LogP contribution is -2.39. The van der Waals surface area contributed by atoms with Crippen molar-refractivity contribution < 1.29 is 14.3 Å². The summed E-state index contributed by atoms with van der Waals surface area (Å²) in [5.41, 5.74) is 1.09. The van der Waals surface area contributed by atoms with Crippen molar-refractivity contribution in [3.05, 3.63) is 34.9 Å². The van der Waals surface area contributed by atoms with Crippen molar-refractivity contribution in [3.8, 4) is 0 Å². The Morgan fingerprint density at radius 1 is 1.38 bits per heavy atom. The van der Waals surface area contributed by atoms with Crippen molar-refractivity contribution in [3.63, 3.8) is 0 Å². The standard InChI is InChI=1S/C15H18ClNO3S/c1-2-20-15(19)14(18)17-8-7-13(21-10-9-17)11-5-3-4-6-12(11)16/h3-6,13H,2,7-10H2,1H3. The molecule has 1 fully saturated rings. The fourth-order valence-corrected chi connectivity index (χ4v) is 3.88. The van der Waals surface area contributed by atoms with Crippen molar-refractivity contribution in [1.82, 2.24) is 4.90 Å². The van der Waals surface area contributed by atoms with E-state index in [9.17, 15) is 9.59 Å². The van der Waals surface area contributed by atoms with Gasteiger partial charge in [0.25, 0.3) is 0 Å². The Balaban J connectivity index is 2.01. The van der Waals surface area contributed by atoms with Gasteiger partial charge < -0.3 is 9.64 Å². The van der Waals surface area contributed by atoms with Crippen molar-refractivity contribution in [2.24, 2.45) is 0 Å². The molecule has 21 heavy (non-hydrogen) atoms. The van der Waals surface area contributed by atoms with Crippen LogP contribution in [0.5, 0.6) is 0 Å². The fourth-order valence-electron chi connectivity index (χ4n) is 2.28. The minimum Gasteiger partial charge on any atom is -0.459 e. The van der Waals surface area contributed by atoms with Crippen molar-refractivity contribution in [2.75, 3.05) is 25.4 Å². The van der Waals surface area contributed by atoms with E-state index in [1.54, 1.807) is 23.6 Å². The van der Waals surface area contributed by atoms with Gasteiger partial charge in [-0.15, -0.1) is 0 Å². The van der Waals surface area contributed by atoms with Gasteiger partial charge >= 0.3 is 11.9 Å². The minimum absolute atomic E-state index is 0.218. The van der Waals surface area contributed by atoms with Crippen LogP contribution in [-0.4, -0.2) is 42.2 Å². The maximum absolute atomic E-state index is 12.0. The Morgan fingerprint density at radius 2 is 2.14 bits per heavy atom. The van der Waals surface area contributed by atoms with E-state index in [0.29, 0.717) is 13.1 Å². The van der Waals surface area contributed by atoms with E-state index in [1.165, 1.54) is 0 Å². The van der Waals surface area contributed by atoms with Gasteiger partial charge in [-0.05, 0) is 25.0 Å². The van der Waals surface area contributed by atoms with Crippen LogP contribution in [0.2, 0.25) is 5.02 Å². The monoisotopic (exact) mass is 327 g/mol. The zero-order valence-corrected chi connectivity index (χ0v) is 13.5. The van der Waals surface area contributed by atoms with Crippen LogP contribution in [0.25, 0.3) is 0 Å². The summed E-state index contributed by atoms with van der Waals surface area (Å²) >= 11 is 8.00. The first-order chi connectivity index (χ1) is 10.1. The highest BCUT2D eigenvalue weighted by Gasteiger charge is 2.27. The number of halogens is 1. The molecule has 1 unspecified atom stereocenters. The fraction of sp³-hybridized carbons (Fsp3) is 0.467. The molecule has 2 rings (SSSR count). The predicted molar refractivity (Wildman–Crippen MR) is 84.5 cm³/mol. The number of hydrogen-bond donors (Lipinski definition) is 0. The smallest absolute Gasteiger partial charge is 0.397 e. The Bertz CT molecular complexity index is 523. The molecule has 0 spiro atoms. The molecular weight excluding hydrogens is 310 g/mol. The van der Waals surface area contributed by atoms with Gasteiger partial charge in [0.2, 0.25) is 0 Å². The Morgan fingerprint density at radius 3 is 2.86 bits per heavy atom. The molecule has 1 aliphatic heterocycles. The SMILES string of the molecule is CCOC(=O)C(=O)N1CCSC(c2ccccc2Cl)CC1. The molecule has 1 atom stereocenters. The van der Waals surface area contributed by atoms with Crippen LogP contribution in [0.3, 0.4) is 0 Å². The van der Waals surface area contributed by atoms with Crippen LogP contribution >= 0.6 is 23.4 Å². The molecule has 0 saturated carbocycles. The molecule has 1 aliphatic rings. The van der Waals surface area contributed by atoms with Crippen molar-refractivity contribution in [1.29, 1.82) is 0 Å². The van der Waals surface area contributed by atoms with Gasteiger partial charge in [-0.1, -0.05) is 29.8 Å². The van der Waals surface area contributed by atoms with Gasteiger partial charge in [0.15, 0.2) is 0 Å². The summed E-state index contributed by atoms with van der Waals surface area (Å²) in [7, 11) is 0. The number of nitrogens with zero attached hydrogens (tertiary/aromatic N) is 1. The molecule has 0 radical (unpaired) electrons. The van der Waals surface area contributed by atoms with Gasteiger partial charge in [0.05, 0.1) is 6.61 Å². The van der Waals surface area contributed by atoms with Crippen LogP contribution in [0.1, 0.15) is 24.2 Å². The molecule has 0 aliphatic carbocycles. The van der Waals surface area contributed by atoms with Crippen LogP contribution in [-0.2, 0) is 14.3 Å². The number of carbonyl (C=O) groups excluding carboxylic acids is 2. The highest BCUT2D eigenvalue weighted by molar-refractivity contribution is 7.99. The minimum atomic E-state index is -0.765. The lowest BCUT2D eigenvalue weighted by Gasteiger charge is -2.19. The van der Waals surface area contributed by atoms with Gasteiger partial charge in [0, 0.05) is 29.1 Å². The lowest BCUT2D eigenvalue weighted by molar-refractivity contribution is -0.159. The topological polar surface area (TPSA) is 46.6 Å². The number of amides is 1. The summed E-state index contributed by atoms with van der Waals surface area (Å²) in [5, 5.41) is 0.999. The highest BCUT2D eigenvalue weighted by atomic mass is 35.5. The van der Waals surface area contributed by atoms with E-state index < -0.39 is 11.9 Å². The van der Waals surface area contributed by atoms with E-state index in [-0.39, 0.29) is 11.9 Å². The first kappa shape index (κ1) is 16.2. The molecular formula is C15H18ClNO3S. The molecule has 0 aromatic heterocycles. The van der Waals surface area contributed by atoms with Crippen LogP contribution < -0.4 is 0 Å². The largest absolute Gasteiger partial charge is 0.459 e. The summed E-state index contributed by atoms with van der Waals surface area (Å²) < 4.78 is 4.77. The number of ether oxygens (including phenoxy) is 1. The first-order valence-corrected chi connectivity index (χ1v) is 8.38. The molecule has 4 nitrogen and oxygen atoms in total. The normalized spacial score (nSPS) is 19.0. The first-order valence-electron chi connectivity index (χ1n) is 6.95. The Hall–Kier alpha value is -1.20. The summed E-state index contributed by atoms with van der Waals surface area (Å²) in [6.45, 7) is 3.01. The number of carbonyl (C=O) groups is 2. The zero-order chi connectivity index (χ0) is 15.2. The number of hydrogen-bond acceptors (Lipinski definition) is 4. The second-order valence-electron chi connectivity index (χ2n) is 4.68. The third-order valence-corrected chi connectivity index (χ3v) is 4.99. The van der Waals surface area contributed by atoms with Gasteiger partial charge in [0.1, 0.15) is 0 Å². The number of esters is 1. The Labute approximate surface area is 133 Å². The number of rotatable bonds is 2. The third kappa shape index (κ3) is 4.14. The summed E-state index contributed by atoms with van der Waals surface area (Å²) in [4.78, 5) is 25.1. The summed E-state index contributed by atoms with van der Waals surface area (Å²) in [6.07, 6.45) is 0.777. The molecule has 1 amide bonds. The van der Waals surface area contributed by atoms with Crippen molar-refractivity contribution >= 4 is 35.2 Å². The predicted octanol–water partition coefficient (Wildman–Crippen LogP) is 2.91. The molecule has 1 aromatic carbocycles. The van der Waals surface area contributed by atoms with Gasteiger partial charge in [-0.2, -0.15) is 11.8 Å². The van der Waals surface area contributed by atoms with E-state index in [1.807, 2.05) is 24.3 Å². The number of benzene rings is 1.